The van der Waals surface area contributed by atoms with E-state index in [4.69, 9.17) is 0 Å². The number of thiophene rings is 1. The van der Waals surface area contributed by atoms with Crippen molar-refractivity contribution in [2.75, 3.05) is 10.6 Å². The highest BCUT2D eigenvalue weighted by Crippen LogP contribution is 2.51. The molecule has 0 spiro atoms. The van der Waals surface area contributed by atoms with Crippen molar-refractivity contribution >= 4 is 28.6 Å². The van der Waals surface area contributed by atoms with Crippen LogP contribution in [0.15, 0.2) is 41.8 Å². The highest BCUT2D eigenvalue weighted by atomic mass is 32.1. The molecule has 1 aromatic carbocycles. The molecule has 0 radical (unpaired) electrons. The van der Waals surface area contributed by atoms with Gasteiger partial charge < -0.3 is 10.6 Å². The van der Waals surface area contributed by atoms with Crippen molar-refractivity contribution in [3.8, 4) is 0 Å². The Morgan fingerprint density at radius 3 is 3.00 bits per heavy atom. The van der Waals surface area contributed by atoms with Gasteiger partial charge in [0.25, 0.3) is 0 Å². The predicted octanol–water partition coefficient (Wildman–Crippen LogP) is 5.23. The minimum absolute atomic E-state index is 0.0596. The van der Waals surface area contributed by atoms with E-state index in [-0.39, 0.29) is 5.91 Å². The summed E-state index contributed by atoms with van der Waals surface area (Å²) in [6, 6.07) is 8.82. The van der Waals surface area contributed by atoms with Gasteiger partial charge in [-0.25, -0.2) is 0 Å². The van der Waals surface area contributed by atoms with Crippen LogP contribution in [0.25, 0.3) is 0 Å². The van der Waals surface area contributed by atoms with Gasteiger partial charge in [0, 0.05) is 28.6 Å². The molecule has 0 fully saturated rings. The van der Waals surface area contributed by atoms with E-state index in [9.17, 15) is 4.79 Å². The molecule has 2 aromatic rings. The number of hydrogen-bond donors (Lipinski definition) is 2. The van der Waals surface area contributed by atoms with Crippen LogP contribution in [0.4, 0.5) is 11.4 Å². The van der Waals surface area contributed by atoms with Crippen LogP contribution in [0.2, 0.25) is 0 Å². The summed E-state index contributed by atoms with van der Waals surface area (Å²) in [4.78, 5) is 13.1. The number of anilines is 2. The molecule has 0 saturated heterocycles. The van der Waals surface area contributed by atoms with Gasteiger partial charge in [0.05, 0.1) is 6.04 Å². The molecular formula is C20H22N2OS. The molecule has 4 rings (SSSR count). The third kappa shape index (κ3) is 2.55. The maximum atomic E-state index is 11.7. The third-order valence-corrected chi connectivity index (χ3v) is 6.25. The first-order valence-corrected chi connectivity index (χ1v) is 9.46. The second kappa shape index (κ2) is 6.10. The predicted molar refractivity (Wildman–Crippen MR) is 101 cm³/mol. The summed E-state index contributed by atoms with van der Waals surface area (Å²) >= 11 is 1.85. The maximum absolute atomic E-state index is 11.7. The summed E-state index contributed by atoms with van der Waals surface area (Å²) in [6.07, 6.45) is 6.25. The Bertz CT molecular complexity index is 808. The van der Waals surface area contributed by atoms with Gasteiger partial charge >= 0.3 is 0 Å². The molecule has 124 valence electrons. The number of aryl methyl sites for hydroxylation is 1. The molecule has 3 atom stereocenters. The quantitative estimate of drug-likeness (QED) is 0.752. The van der Waals surface area contributed by atoms with Gasteiger partial charge in [0.2, 0.25) is 5.91 Å². The van der Waals surface area contributed by atoms with Gasteiger partial charge in [-0.15, -0.1) is 11.3 Å². The Hall–Kier alpha value is -2.07. The summed E-state index contributed by atoms with van der Waals surface area (Å²) in [5.74, 6) is 1.03. The van der Waals surface area contributed by atoms with Crippen LogP contribution in [-0.4, -0.2) is 5.91 Å². The molecule has 24 heavy (non-hydrogen) atoms. The van der Waals surface area contributed by atoms with E-state index in [2.05, 4.69) is 53.3 Å². The van der Waals surface area contributed by atoms with E-state index in [1.165, 1.54) is 21.7 Å². The van der Waals surface area contributed by atoms with E-state index in [1.807, 2.05) is 24.3 Å². The van der Waals surface area contributed by atoms with Gasteiger partial charge in [-0.3, -0.25) is 4.79 Å². The minimum Gasteiger partial charge on any atom is -0.377 e. The monoisotopic (exact) mass is 338 g/mol. The Morgan fingerprint density at radius 1 is 1.38 bits per heavy atom. The fraction of sp³-hybridized carbons (Fsp3) is 0.350. The Kier molecular flexibility index (Phi) is 3.93. The first-order valence-electron chi connectivity index (χ1n) is 8.58. The zero-order valence-corrected chi connectivity index (χ0v) is 14.8. The van der Waals surface area contributed by atoms with Crippen LogP contribution < -0.4 is 10.6 Å². The van der Waals surface area contributed by atoms with Crippen molar-refractivity contribution in [3.05, 3.63) is 57.8 Å². The van der Waals surface area contributed by atoms with E-state index >= 15 is 0 Å². The zero-order chi connectivity index (χ0) is 16.7. The van der Waals surface area contributed by atoms with Crippen molar-refractivity contribution in [1.29, 1.82) is 0 Å². The average Bonchev–Trinajstić information content (AvgIpc) is 3.23. The Balaban J connectivity index is 1.70. The number of amides is 1. The molecule has 2 N–H and O–H groups in total. The number of nitrogens with one attached hydrogen (secondary N) is 2. The molecular weight excluding hydrogens is 316 g/mol. The number of carbonyl (C=O) groups excluding carboxylic acids is 1. The highest BCUT2D eigenvalue weighted by molar-refractivity contribution is 7.10. The summed E-state index contributed by atoms with van der Waals surface area (Å²) in [5.41, 5.74) is 4.76. The van der Waals surface area contributed by atoms with E-state index < -0.39 is 0 Å². The summed E-state index contributed by atoms with van der Waals surface area (Å²) < 4.78 is 0. The summed E-state index contributed by atoms with van der Waals surface area (Å²) in [7, 11) is 0. The van der Waals surface area contributed by atoms with Crippen LogP contribution in [0, 0.1) is 12.8 Å². The lowest BCUT2D eigenvalue weighted by atomic mass is 9.78. The van der Waals surface area contributed by atoms with Crippen LogP contribution >= 0.6 is 11.3 Å². The molecule has 0 bridgehead atoms. The van der Waals surface area contributed by atoms with Crippen LogP contribution in [-0.2, 0) is 4.79 Å². The Labute approximate surface area is 146 Å². The second-order valence-corrected chi connectivity index (χ2v) is 7.59. The van der Waals surface area contributed by atoms with Crippen LogP contribution in [0.1, 0.15) is 47.7 Å². The SMILES string of the molecule is CCC(=O)Nc1ccc2c(c1)C1C=CCC1C(c1sccc1C)N2. The number of allylic oxidation sites excluding steroid dienone is 2. The highest BCUT2D eigenvalue weighted by Gasteiger charge is 2.38. The number of carbonyl (C=O) groups is 1. The zero-order valence-electron chi connectivity index (χ0n) is 14.0. The maximum Gasteiger partial charge on any atom is 0.224 e. The van der Waals surface area contributed by atoms with Gasteiger partial charge in [-0.2, -0.15) is 0 Å². The van der Waals surface area contributed by atoms with Crippen LogP contribution in [0.3, 0.4) is 0 Å². The lowest BCUT2D eigenvalue weighted by molar-refractivity contribution is -0.115. The van der Waals surface area contributed by atoms with Gasteiger partial charge in [-0.05, 0) is 60.0 Å². The molecule has 1 aliphatic heterocycles. The molecule has 2 aliphatic rings. The number of fused-ring (bicyclic) bond motifs is 3. The number of hydrogen-bond acceptors (Lipinski definition) is 3. The fourth-order valence-electron chi connectivity index (χ4n) is 3.88. The lowest BCUT2D eigenvalue weighted by Gasteiger charge is -2.37. The molecule has 1 aliphatic carbocycles. The van der Waals surface area contributed by atoms with E-state index in [0.717, 1.165) is 12.1 Å². The summed E-state index contributed by atoms with van der Waals surface area (Å²) in [5, 5.41) is 8.93. The van der Waals surface area contributed by atoms with Crippen molar-refractivity contribution in [2.45, 2.75) is 38.6 Å². The smallest absolute Gasteiger partial charge is 0.224 e. The first-order chi connectivity index (χ1) is 11.7. The number of benzene rings is 1. The molecule has 3 nitrogen and oxygen atoms in total. The van der Waals surface area contributed by atoms with Crippen LogP contribution in [0.5, 0.6) is 0 Å². The summed E-state index contributed by atoms with van der Waals surface area (Å²) in [6.45, 7) is 4.07. The molecule has 1 amide bonds. The molecule has 0 saturated carbocycles. The third-order valence-electron chi connectivity index (χ3n) is 5.15. The molecule has 2 heterocycles. The number of rotatable bonds is 3. The van der Waals surface area contributed by atoms with Crippen molar-refractivity contribution in [3.63, 3.8) is 0 Å². The Morgan fingerprint density at radius 2 is 2.25 bits per heavy atom. The molecule has 4 heteroatoms. The topological polar surface area (TPSA) is 41.1 Å². The van der Waals surface area contributed by atoms with Crippen molar-refractivity contribution in [1.82, 2.24) is 0 Å². The average molecular weight is 338 g/mol. The molecule has 3 unspecified atom stereocenters. The first kappa shape index (κ1) is 15.5. The standard InChI is InChI=1S/C20H22N2OS/c1-3-18(23)21-13-7-8-17-16(11-13)14-5-4-6-15(14)19(22-17)20-12(2)9-10-24-20/h4-5,7-11,14-15,19,22H,3,6H2,1-2H3,(H,21,23). The fourth-order valence-corrected chi connectivity index (χ4v) is 4.94. The van der Waals surface area contributed by atoms with Gasteiger partial charge in [0.15, 0.2) is 0 Å². The molecule has 1 aromatic heterocycles. The second-order valence-electron chi connectivity index (χ2n) is 6.65. The van der Waals surface area contributed by atoms with Gasteiger partial charge in [-0.1, -0.05) is 19.1 Å². The lowest BCUT2D eigenvalue weighted by Crippen LogP contribution is -2.29. The minimum atomic E-state index is 0.0596. The van der Waals surface area contributed by atoms with Crippen molar-refractivity contribution < 1.29 is 4.79 Å². The van der Waals surface area contributed by atoms with Crippen molar-refractivity contribution in [2.24, 2.45) is 5.92 Å². The van der Waals surface area contributed by atoms with Gasteiger partial charge in [0.1, 0.15) is 0 Å². The van der Waals surface area contributed by atoms with E-state index in [1.54, 1.807) is 0 Å². The normalized spacial score (nSPS) is 24.2. The van der Waals surface area contributed by atoms with E-state index in [0.29, 0.717) is 24.3 Å². The largest absolute Gasteiger partial charge is 0.377 e.